The van der Waals surface area contributed by atoms with E-state index in [4.69, 9.17) is 16.3 Å². The number of imidazole rings is 1. The molecule has 2 aromatic heterocycles. The third-order valence-electron chi connectivity index (χ3n) is 3.37. The van der Waals surface area contributed by atoms with E-state index < -0.39 is 10.9 Å². The summed E-state index contributed by atoms with van der Waals surface area (Å²) in [5.74, 6) is -0.556. The number of pyridine rings is 1. The second kappa shape index (κ2) is 6.67. The molecule has 0 aliphatic heterocycles. The van der Waals surface area contributed by atoms with E-state index in [0.29, 0.717) is 21.9 Å². The van der Waals surface area contributed by atoms with Gasteiger partial charge in [0.05, 0.1) is 22.1 Å². The van der Waals surface area contributed by atoms with Crippen LogP contribution in [0, 0.1) is 10.1 Å². The lowest BCUT2D eigenvalue weighted by Gasteiger charge is -2.03. The molecule has 0 amide bonds. The summed E-state index contributed by atoms with van der Waals surface area (Å²) in [4.78, 5) is 26.6. The van der Waals surface area contributed by atoms with Crippen LogP contribution in [-0.2, 0) is 22.6 Å². The second-order valence-corrected chi connectivity index (χ2v) is 5.50. The lowest BCUT2D eigenvalue weighted by Crippen LogP contribution is -2.09. The zero-order valence-corrected chi connectivity index (χ0v) is 13.1. The standard InChI is InChI=1S/C16H12ClN3O4/c17-12-5-6-15-18-13(9-19(15)8-12)10-24-16(21)7-11-3-1-2-4-14(11)20(22)23/h1-6,8-9H,7,10H2. The lowest BCUT2D eigenvalue weighted by molar-refractivity contribution is -0.385. The first-order valence-electron chi connectivity index (χ1n) is 7.04. The maximum absolute atomic E-state index is 11.9. The quantitative estimate of drug-likeness (QED) is 0.402. The summed E-state index contributed by atoms with van der Waals surface area (Å²) in [7, 11) is 0. The van der Waals surface area contributed by atoms with Crippen molar-refractivity contribution in [3.8, 4) is 0 Å². The van der Waals surface area contributed by atoms with Gasteiger partial charge in [0.15, 0.2) is 0 Å². The number of para-hydroxylation sites is 1. The van der Waals surface area contributed by atoms with E-state index in [-0.39, 0.29) is 18.7 Å². The van der Waals surface area contributed by atoms with Crippen LogP contribution in [0.15, 0.2) is 48.8 Å². The van der Waals surface area contributed by atoms with E-state index in [1.54, 1.807) is 41.1 Å². The van der Waals surface area contributed by atoms with Gasteiger partial charge in [-0.2, -0.15) is 0 Å². The highest BCUT2D eigenvalue weighted by atomic mass is 35.5. The molecule has 2 heterocycles. The van der Waals surface area contributed by atoms with Crippen molar-refractivity contribution in [3.63, 3.8) is 0 Å². The number of benzene rings is 1. The summed E-state index contributed by atoms with van der Waals surface area (Å²) in [6, 6.07) is 9.55. The maximum atomic E-state index is 11.9. The van der Waals surface area contributed by atoms with Gasteiger partial charge in [-0.15, -0.1) is 0 Å². The number of halogens is 1. The molecule has 0 spiro atoms. The van der Waals surface area contributed by atoms with Gasteiger partial charge in [-0.25, -0.2) is 4.98 Å². The molecule has 8 heteroatoms. The van der Waals surface area contributed by atoms with Gasteiger partial charge in [0.1, 0.15) is 12.3 Å². The summed E-state index contributed by atoms with van der Waals surface area (Å²) >= 11 is 5.90. The number of nitrogens with zero attached hydrogens (tertiary/aromatic N) is 3. The highest BCUT2D eigenvalue weighted by molar-refractivity contribution is 6.30. The third-order valence-corrected chi connectivity index (χ3v) is 3.59. The van der Waals surface area contributed by atoms with Crippen LogP contribution in [0.4, 0.5) is 5.69 Å². The van der Waals surface area contributed by atoms with Crippen molar-refractivity contribution < 1.29 is 14.5 Å². The Labute approximate surface area is 141 Å². The number of carbonyl (C=O) groups is 1. The van der Waals surface area contributed by atoms with Gasteiger partial charge in [0.25, 0.3) is 5.69 Å². The molecule has 122 valence electrons. The predicted octanol–water partition coefficient (Wildman–Crippen LogP) is 3.18. The summed E-state index contributed by atoms with van der Waals surface area (Å²) < 4.78 is 6.89. The van der Waals surface area contributed by atoms with E-state index in [9.17, 15) is 14.9 Å². The van der Waals surface area contributed by atoms with Crippen molar-refractivity contribution in [2.45, 2.75) is 13.0 Å². The molecule has 3 aromatic rings. The molecular formula is C16H12ClN3O4. The summed E-state index contributed by atoms with van der Waals surface area (Å²) in [5.41, 5.74) is 1.46. The van der Waals surface area contributed by atoms with Crippen LogP contribution in [0.2, 0.25) is 5.02 Å². The SMILES string of the molecule is O=C(Cc1ccccc1[N+](=O)[O-])OCc1cn2cc(Cl)ccc2n1. The first-order valence-corrected chi connectivity index (χ1v) is 7.42. The molecule has 0 unspecified atom stereocenters. The molecule has 0 aliphatic carbocycles. The molecule has 24 heavy (non-hydrogen) atoms. The predicted molar refractivity (Wildman–Crippen MR) is 86.8 cm³/mol. The van der Waals surface area contributed by atoms with E-state index in [1.807, 2.05) is 0 Å². The zero-order valence-electron chi connectivity index (χ0n) is 12.4. The molecule has 0 bridgehead atoms. The number of esters is 1. The highest BCUT2D eigenvalue weighted by Gasteiger charge is 2.16. The van der Waals surface area contributed by atoms with E-state index in [2.05, 4.69) is 4.98 Å². The monoisotopic (exact) mass is 345 g/mol. The van der Waals surface area contributed by atoms with Crippen molar-refractivity contribution in [1.82, 2.24) is 9.38 Å². The zero-order chi connectivity index (χ0) is 17.1. The average Bonchev–Trinajstić information content (AvgIpc) is 2.95. The molecule has 3 rings (SSSR count). The third kappa shape index (κ3) is 3.52. The average molecular weight is 346 g/mol. The first kappa shape index (κ1) is 15.9. The number of carbonyl (C=O) groups excluding carboxylic acids is 1. The molecule has 0 N–H and O–H groups in total. The van der Waals surface area contributed by atoms with Crippen LogP contribution in [0.5, 0.6) is 0 Å². The minimum absolute atomic E-state index is 0.0151. The summed E-state index contributed by atoms with van der Waals surface area (Å²) in [6.45, 7) is -0.0151. The van der Waals surface area contributed by atoms with Crippen molar-refractivity contribution in [2.75, 3.05) is 0 Å². The fourth-order valence-electron chi connectivity index (χ4n) is 2.29. The Bertz CT molecular complexity index is 923. The van der Waals surface area contributed by atoms with Gasteiger partial charge in [-0.3, -0.25) is 14.9 Å². The number of fused-ring (bicyclic) bond motifs is 1. The van der Waals surface area contributed by atoms with E-state index in [0.717, 1.165) is 0 Å². The summed E-state index contributed by atoms with van der Waals surface area (Å²) in [5, 5.41) is 11.5. The van der Waals surface area contributed by atoms with Crippen LogP contribution in [0.25, 0.3) is 5.65 Å². The number of ether oxygens (including phenoxy) is 1. The molecule has 7 nitrogen and oxygen atoms in total. The Balaban J connectivity index is 1.66. The minimum atomic E-state index is -0.556. The molecule has 1 aromatic carbocycles. The molecule has 0 atom stereocenters. The van der Waals surface area contributed by atoms with E-state index in [1.165, 1.54) is 12.1 Å². The van der Waals surface area contributed by atoms with Crippen molar-refractivity contribution in [1.29, 1.82) is 0 Å². The van der Waals surface area contributed by atoms with Gasteiger partial charge in [0.2, 0.25) is 0 Å². The van der Waals surface area contributed by atoms with Gasteiger partial charge in [-0.05, 0) is 12.1 Å². The van der Waals surface area contributed by atoms with Crippen LogP contribution >= 0.6 is 11.6 Å². The van der Waals surface area contributed by atoms with Crippen LogP contribution in [0.3, 0.4) is 0 Å². The molecule has 0 aliphatic rings. The number of aromatic nitrogens is 2. The molecule has 0 saturated heterocycles. The van der Waals surface area contributed by atoms with Crippen molar-refractivity contribution >= 4 is 28.9 Å². The Morgan fingerprint density at radius 2 is 2.04 bits per heavy atom. The van der Waals surface area contributed by atoms with Crippen LogP contribution in [0.1, 0.15) is 11.3 Å². The Hall–Kier alpha value is -2.93. The van der Waals surface area contributed by atoms with Crippen molar-refractivity contribution in [3.05, 3.63) is 75.2 Å². The normalized spacial score (nSPS) is 10.7. The highest BCUT2D eigenvalue weighted by Crippen LogP contribution is 2.19. The number of nitro benzene ring substituents is 1. The Kier molecular flexibility index (Phi) is 4.43. The second-order valence-electron chi connectivity index (χ2n) is 5.07. The number of rotatable bonds is 5. The van der Waals surface area contributed by atoms with Gasteiger partial charge in [-0.1, -0.05) is 29.8 Å². The van der Waals surface area contributed by atoms with Gasteiger partial charge < -0.3 is 9.14 Å². The molecular weight excluding hydrogens is 334 g/mol. The first-order chi connectivity index (χ1) is 11.5. The topological polar surface area (TPSA) is 86.7 Å². The number of hydrogen-bond donors (Lipinski definition) is 0. The maximum Gasteiger partial charge on any atom is 0.310 e. The number of hydrogen-bond acceptors (Lipinski definition) is 5. The van der Waals surface area contributed by atoms with Crippen molar-refractivity contribution in [2.24, 2.45) is 0 Å². The largest absolute Gasteiger partial charge is 0.459 e. The van der Waals surface area contributed by atoms with E-state index >= 15 is 0 Å². The Morgan fingerprint density at radius 1 is 1.25 bits per heavy atom. The molecule has 0 saturated carbocycles. The van der Waals surface area contributed by atoms with Gasteiger partial charge in [0, 0.05) is 24.0 Å². The number of nitro groups is 1. The smallest absolute Gasteiger partial charge is 0.310 e. The fraction of sp³-hybridized carbons (Fsp3) is 0.125. The fourth-order valence-corrected chi connectivity index (χ4v) is 2.45. The Morgan fingerprint density at radius 3 is 2.83 bits per heavy atom. The van der Waals surface area contributed by atoms with Crippen LogP contribution in [-0.4, -0.2) is 20.3 Å². The van der Waals surface area contributed by atoms with Crippen LogP contribution < -0.4 is 0 Å². The molecule has 0 fully saturated rings. The lowest BCUT2D eigenvalue weighted by atomic mass is 10.1. The van der Waals surface area contributed by atoms with Gasteiger partial charge >= 0.3 is 5.97 Å². The summed E-state index contributed by atoms with van der Waals surface area (Å²) in [6.07, 6.45) is 3.23. The molecule has 0 radical (unpaired) electrons. The minimum Gasteiger partial charge on any atom is -0.459 e.